The zero-order valence-corrected chi connectivity index (χ0v) is 17.6. The number of hydrogen-bond donors (Lipinski definition) is 2. The summed E-state index contributed by atoms with van der Waals surface area (Å²) in [5, 5.41) is 3.31. The van der Waals surface area contributed by atoms with Crippen molar-refractivity contribution < 1.29 is 17.9 Å². The van der Waals surface area contributed by atoms with Gasteiger partial charge in [-0.15, -0.1) is 12.4 Å². The van der Waals surface area contributed by atoms with Crippen molar-refractivity contribution in [2.45, 2.75) is 37.1 Å². The highest BCUT2D eigenvalue weighted by Crippen LogP contribution is 2.18. The third-order valence-corrected chi connectivity index (χ3v) is 5.96. The summed E-state index contributed by atoms with van der Waals surface area (Å²) in [6, 6.07) is 6.39. The van der Waals surface area contributed by atoms with Crippen LogP contribution < -0.4 is 10.0 Å². The summed E-state index contributed by atoms with van der Waals surface area (Å²) in [7, 11) is -2.08. The van der Waals surface area contributed by atoms with E-state index >= 15 is 0 Å². The Morgan fingerprint density at radius 2 is 1.89 bits per heavy atom. The van der Waals surface area contributed by atoms with Crippen LogP contribution >= 0.6 is 12.4 Å². The second-order valence-electron chi connectivity index (χ2n) is 6.39. The van der Waals surface area contributed by atoms with Crippen LogP contribution in [0.15, 0.2) is 29.2 Å². The van der Waals surface area contributed by atoms with Crippen LogP contribution in [0.1, 0.15) is 36.5 Å². The van der Waals surface area contributed by atoms with Gasteiger partial charge in [0.05, 0.1) is 11.5 Å². The molecule has 9 heteroatoms. The van der Waals surface area contributed by atoms with Gasteiger partial charge in [0.15, 0.2) is 0 Å². The molecule has 1 aliphatic rings. The molecule has 1 saturated heterocycles. The normalized spacial score (nSPS) is 15.2. The number of carbonyl (C=O) groups is 1. The molecule has 2 rings (SSSR count). The van der Waals surface area contributed by atoms with Gasteiger partial charge in [-0.1, -0.05) is 6.92 Å². The molecule has 0 radical (unpaired) electrons. The number of hydrogen-bond acceptors (Lipinski definition) is 5. The number of carbonyl (C=O) groups excluding carboxylic acids is 1. The lowest BCUT2D eigenvalue weighted by molar-refractivity contribution is 0.0642. The van der Waals surface area contributed by atoms with Crippen molar-refractivity contribution in [1.29, 1.82) is 0 Å². The van der Waals surface area contributed by atoms with Crippen molar-refractivity contribution >= 4 is 28.3 Å². The van der Waals surface area contributed by atoms with E-state index < -0.39 is 10.0 Å². The largest absolute Gasteiger partial charge is 0.383 e. The topological polar surface area (TPSA) is 87.7 Å². The van der Waals surface area contributed by atoms with Crippen LogP contribution in [0.3, 0.4) is 0 Å². The van der Waals surface area contributed by atoms with Crippen molar-refractivity contribution in [3.63, 3.8) is 0 Å². The van der Waals surface area contributed by atoms with Crippen LogP contribution in [0.4, 0.5) is 0 Å². The molecule has 0 aliphatic carbocycles. The van der Waals surface area contributed by atoms with Gasteiger partial charge in [0.25, 0.3) is 5.91 Å². The Balaban J connectivity index is 0.00000364. The van der Waals surface area contributed by atoms with Gasteiger partial charge in [-0.05, 0) is 56.6 Å². The Morgan fingerprint density at radius 3 is 2.44 bits per heavy atom. The number of amides is 1. The zero-order valence-electron chi connectivity index (χ0n) is 15.9. The molecule has 0 unspecified atom stereocenters. The molecule has 0 saturated carbocycles. The molecular weight excluding hydrogens is 390 g/mol. The molecule has 1 aliphatic heterocycles. The van der Waals surface area contributed by atoms with Gasteiger partial charge in [0.2, 0.25) is 10.0 Å². The predicted octanol–water partition coefficient (Wildman–Crippen LogP) is 1.64. The third-order valence-electron chi connectivity index (χ3n) is 4.48. The van der Waals surface area contributed by atoms with Crippen LogP contribution in [0.25, 0.3) is 0 Å². The monoisotopic (exact) mass is 419 g/mol. The van der Waals surface area contributed by atoms with Crippen molar-refractivity contribution in [3.8, 4) is 0 Å². The Hall–Kier alpha value is -1.19. The number of benzene rings is 1. The lowest BCUT2D eigenvalue weighted by Gasteiger charge is -2.34. The maximum absolute atomic E-state index is 12.9. The zero-order chi connectivity index (χ0) is 19.0. The molecule has 0 bridgehead atoms. The minimum atomic E-state index is -3.59. The molecule has 1 fully saturated rings. The van der Waals surface area contributed by atoms with Crippen LogP contribution in [-0.4, -0.2) is 65.2 Å². The van der Waals surface area contributed by atoms with Gasteiger partial charge in [0, 0.05) is 31.8 Å². The van der Waals surface area contributed by atoms with Crippen molar-refractivity contribution in [2.24, 2.45) is 0 Å². The molecular formula is C18H30ClN3O4S. The minimum absolute atomic E-state index is 0. The second-order valence-corrected chi connectivity index (χ2v) is 8.16. The molecule has 154 valence electrons. The number of methoxy groups -OCH3 is 1. The predicted molar refractivity (Wildman–Crippen MR) is 108 cm³/mol. The first kappa shape index (κ1) is 23.8. The fourth-order valence-corrected chi connectivity index (χ4v) is 4.13. The summed E-state index contributed by atoms with van der Waals surface area (Å²) in [5.41, 5.74) is 0.521. The van der Waals surface area contributed by atoms with Crippen molar-refractivity contribution in [2.75, 3.05) is 39.9 Å². The van der Waals surface area contributed by atoms with Crippen molar-refractivity contribution in [3.05, 3.63) is 29.8 Å². The number of rotatable bonds is 9. The summed E-state index contributed by atoms with van der Waals surface area (Å²) in [6.45, 7) is 5.12. The van der Waals surface area contributed by atoms with E-state index in [1.54, 1.807) is 12.1 Å². The summed E-state index contributed by atoms with van der Waals surface area (Å²) < 4.78 is 31.7. The first-order valence-electron chi connectivity index (χ1n) is 9.10. The number of nitrogens with zero attached hydrogens (tertiary/aromatic N) is 1. The van der Waals surface area contributed by atoms with Crippen LogP contribution in [0.5, 0.6) is 0 Å². The molecule has 1 heterocycles. The maximum Gasteiger partial charge on any atom is 0.254 e. The molecule has 1 aromatic carbocycles. The van der Waals surface area contributed by atoms with E-state index in [1.165, 1.54) is 19.2 Å². The highest BCUT2D eigenvalue weighted by atomic mass is 35.5. The number of sulfonamides is 1. The quantitative estimate of drug-likeness (QED) is 0.594. The average molecular weight is 420 g/mol. The molecule has 7 nitrogen and oxygen atoms in total. The third kappa shape index (κ3) is 6.73. The van der Waals surface area contributed by atoms with E-state index in [0.29, 0.717) is 18.7 Å². The fourth-order valence-electron chi connectivity index (χ4n) is 3.11. The van der Waals surface area contributed by atoms with Crippen molar-refractivity contribution in [1.82, 2.24) is 14.9 Å². The number of halogens is 1. The Labute approximate surface area is 168 Å². The lowest BCUT2D eigenvalue weighted by Crippen LogP contribution is -2.46. The lowest BCUT2D eigenvalue weighted by atomic mass is 10.0. The minimum Gasteiger partial charge on any atom is -0.383 e. The SMILES string of the molecule is CCCN(C(=O)c1ccc(S(=O)(=O)NCCOC)cc1)C1CCNCC1.Cl. The van der Waals surface area contributed by atoms with Gasteiger partial charge >= 0.3 is 0 Å². The summed E-state index contributed by atoms with van der Waals surface area (Å²) in [4.78, 5) is 15.0. The molecule has 1 aromatic rings. The van der Waals surface area contributed by atoms with Crippen LogP contribution in [0, 0.1) is 0 Å². The van der Waals surface area contributed by atoms with E-state index in [-0.39, 0.29) is 35.8 Å². The summed E-state index contributed by atoms with van der Waals surface area (Å²) in [5.74, 6) is -0.0324. The van der Waals surface area contributed by atoms with E-state index in [0.717, 1.165) is 32.4 Å². The number of ether oxygens (including phenoxy) is 1. The fraction of sp³-hybridized carbons (Fsp3) is 0.611. The Morgan fingerprint density at radius 1 is 1.26 bits per heavy atom. The molecule has 1 amide bonds. The highest BCUT2D eigenvalue weighted by Gasteiger charge is 2.25. The number of piperidine rings is 1. The molecule has 2 N–H and O–H groups in total. The van der Waals surface area contributed by atoms with Gasteiger partial charge in [-0.25, -0.2) is 13.1 Å². The molecule has 27 heavy (non-hydrogen) atoms. The smallest absolute Gasteiger partial charge is 0.254 e. The van der Waals surface area contributed by atoms with Gasteiger partial charge in [0.1, 0.15) is 0 Å². The van der Waals surface area contributed by atoms with Crippen LogP contribution in [-0.2, 0) is 14.8 Å². The maximum atomic E-state index is 12.9. The van der Waals surface area contributed by atoms with E-state index in [4.69, 9.17) is 4.74 Å². The Kier molecular flexibility index (Phi) is 10.3. The first-order valence-corrected chi connectivity index (χ1v) is 10.6. The van der Waals surface area contributed by atoms with Crippen LogP contribution in [0.2, 0.25) is 0 Å². The van der Waals surface area contributed by atoms with E-state index in [2.05, 4.69) is 17.0 Å². The standard InChI is InChI=1S/C18H29N3O4S.ClH/c1-3-13-21(16-8-10-19-11-9-16)18(22)15-4-6-17(7-5-15)26(23,24)20-12-14-25-2;/h4-7,16,19-20H,3,8-14H2,1-2H3;1H. The Bertz CT molecular complexity index is 676. The summed E-state index contributed by atoms with van der Waals surface area (Å²) >= 11 is 0. The van der Waals surface area contributed by atoms with Gasteiger partial charge in [-0.3, -0.25) is 4.79 Å². The number of nitrogens with one attached hydrogen (secondary N) is 2. The highest BCUT2D eigenvalue weighted by molar-refractivity contribution is 7.89. The second kappa shape index (κ2) is 11.6. The average Bonchev–Trinajstić information content (AvgIpc) is 2.66. The van der Waals surface area contributed by atoms with Gasteiger partial charge in [-0.2, -0.15) is 0 Å². The molecule has 0 spiro atoms. The van der Waals surface area contributed by atoms with Gasteiger partial charge < -0.3 is 15.0 Å². The summed E-state index contributed by atoms with van der Waals surface area (Å²) in [6.07, 6.45) is 2.79. The van der Waals surface area contributed by atoms with E-state index in [9.17, 15) is 13.2 Å². The van der Waals surface area contributed by atoms with E-state index in [1.807, 2.05) is 4.90 Å². The first-order chi connectivity index (χ1) is 12.5. The molecule has 0 atom stereocenters. The molecule has 0 aromatic heterocycles.